The van der Waals surface area contributed by atoms with Gasteiger partial charge in [-0.1, -0.05) is 37.1 Å². The molecular formula is C26H28N4O3. The molecule has 3 aromatic rings. The van der Waals surface area contributed by atoms with Gasteiger partial charge < -0.3 is 14.2 Å². The average Bonchev–Trinajstić information content (AvgIpc) is 3.54. The van der Waals surface area contributed by atoms with Crippen molar-refractivity contribution in [3.05, 3.63) is 54.1 Å². The van der Waals surface area contributed by atoms with E-state index in [1.165, 1.54) is 0 Å². The first kappa shape index (κ1) is 20.3. The van der Waals surface area contributed by atoms with Crippen LogP contribution in [-0.2, 0) is 11.3 Å². The fourth-order valence-corrected chi connectivity index (χ4v) is 6.11. The number of benzene rings is 2. The molecule has 0 bridgehead atoms. The van der Waals surface area contributed by atoms with Gasteiger partial charge in [-0.15, -0.1) is 0 Å². The molecule has 3 unspecified atom stereocenters. The van der Waals surface area contributed by atoms with Gasteiger partial charge in [-0.05, 0) is 49.4 Å². The molecule has 0 radical (unpaired) electrons. The maximum atomic E-state index is 14.0. The largest absolute Gasteiger partial charge is 0.496 e. The zero-order chi connectivity index (χ0) is 22.5. The molecule has 7 nitrogen and oxygen atoms in total. The predicted octanol–water partition coefficient (Wildman–Crippen LogP) is 3.87. The third kappa shape index (κ3) is 3.13. The van der Waals surface area contributed by atoms with Gasteiger partial charge >= 0.3 is 0 Å². The normalized spacial score (nSPS) is 24.1. The number of likely N-dealkylation sites (tertiary alicyclic amines) is 1. The number of para-hydroxylation sites is 3. The van der Waals surface area contributed by atoms with Gasteiger partial charge in [-0.2, -0.15) is 0 Å². The zero-order valence-corrected chi connectivity index (χ0v) is 18.8. The highest BCUT2D eigenvalue weighted by Gasteiger charge is 2.50. The minimum Gasteiger partial charge on any atom is -0.496 e. The molecule has 1 saturated carbocycles. The smallest absolute Gasteiger partial charge is 0.258 e. The number of imidazole rings is 1. The summed E-state index contributed by atoms with van der Waals surface area (Å²) in [6, 6.07) is 14.9. The summed E-state index contributed by atoms with van der Waals surface area (Å²) in [6.45, 7) is 1.32. The summed E-state index contributed by atoms with van der Waals surface area (Å²) in [4.78, 5) is 36.3. The van der Waals surface area contributed by atoms with Crippen molar-refractivity contribution in [3.63, 3.8) is 0 Å². The van der Waals surface area contributed by atoms with Crippen molar-refractivity contribution >= 4 is 28.8 Å². The van der Waals surface area contributed by atoms with E-state index in [0.29, 0.717) is 29.7 Å². The van der Waals surface area contributed by atoms with E-state index >= 15 is 0 Å². The van der Waals surface area contributed by atoms with E-state index in [0.717, 1.165) is 49.7 Å². The Bertz CT molecular complexity index is 1240. The van der Waals surface area contributed by atoms with Crippen molar-refractivity contribution in [1.82, 2.24) is 14.5 Å². The van der Waals surface area contributed by atoms with E-state index in [1.54, 1.807) is 24.1 Å². The molecule has 2 amide bonds. The van der Waals surface area contributed by atoms with Crippen LogP contribution in [0.3, 0.4) is 0 Å². The van der Waals surface area contributed by atoms with Crippen LogP contribution < -0.4 is 9.64 Å². The number of aromatic nitrogens is 2. The molecule has 3 heterocycles. The highest BCUT2D eigenvalue weighted by Crippen LogP contribution is 2.42. The number of nitrogens with zero attached hydrogens (tertiary/aromatic N) is 4. The quantitative estimate of drug-likeness (QED) is 0.615. The second-order valence-electron chi connectivity index (χ2n) is 9.32. The van der Waals surface area contributed by atoms with Crippen molar-refractivity contribution in [2.24, 2.45) is 5.92 Å². The van der Waals surface area contributed by atoms with Crippen LogP contribution >= 0.6 is 0 Å². The topological polar surface area (TPSA) is 67.7 Å². The molecule has 3 atom stereocenters. The van der Waals surface area contributed by atoms with Gasteiger partial charge in [-0.3, -0.25) is 14.5 Å². The summed E-state index contributed by atoms with van der Waals surface area (Å²) in [5.41, 5.74) is 2.47. The molecule has 2 aliphatic heterocycles. The number of rotatable bonds is 3. The second kappa shape index (κ2) is 7.90. The minimum atomic E-state index is -0.470. The van der Waals surface area contributed by atoms with Crippen molar-refractivity contribution in [3.8, 4) is 5.75 Å². The number of anilines is 1. The molecule has 0 N–H and O–H groups in total. The summed E-state index contributed by atoms with van der Waals surface area (Å²) < 4.78 is 7.59. The highest BCUT2D eigenvalue weighted by atomic mass is 16.5. The number of methoxy groups -OCH3 is 1. The Morgan fingerprint density at radius 3 is 2.67 bits per heavy atom. The molecule has 2 fully saturated rings. The van der Waals surface area contributed by atoms with E-state index in [4.69, 9.17) is 9.72 Å². The van der Waals surface area contributed by atoms with Gasteiger partial charge in [0.2, 0.25) is 5.95 Å². The van der Waals surface area contributed by atoms with Crippen molar-refractivity contribution in [2.45, 2.75) is 50.7 Å². The first-order valence-electron chi connectivity index (χ1n) is 11.9. The number of ether oxygens (including phenoxy) is 1. The summed E-state index contributed by atoms with van der Waals surface area (Å²) >= 11 is 0. The van der Waals surface area contributed by atoms with Gasteiger partial charge in [0.15, 0.2) is 0 Å². The molecule has 3 aliphatic rings. The van der Waals surface area contributed by atoms with Crippen LogP contribution in [0.4, 0.5) is 5.95 Å². The Kier molecular flexibility index (Phi) is 4.85. The van der Waals surface area contributed by atoms with Gasteiger partial charge in [0, 0.05) is 19.1 Å². The molecular weight excluding hydrogens is 416 g/mol. The van der Waals surface area contributed by atoms with Crippen LogP contribution in [0.25, 0.3) is 11.0 Å². The number of carbonyl (C=O) groups is 2. The fourth-order valence-electron chi connectivity index (χ4n) is 6.11. The minimum absolute atomic E-state index is 0.0123. The first-order chi connectivity index (χ1) is 16.2. The molecule has 1 aliphatic carbocycles. The lowest BCUT2D eigenvalue weighted by Gasteiger charge is -2.34. The van der Waals surface area contributed by atoms with Crippen molar-refractivity contribution in [1.29, 1.82) is 0 Å². The number of amides is 2. The highest BCUT2D eigenvalue weighted by molar-refractivity contribution is 6.04. The first-order valence-corrected chi connectivity index (χ1v) is 11.9. The maximum Gasteiger partial charge on any atom is 0.258 e. The summed E-state index contributed by atoms with van der Waals surface area (Å²) in [5.74, 6) is 1.50. The van der Waals surface area contributed by atoms with E-state index in [1.807, 2.05) is 41.3 Å². The molecule has 33 heavy (non-hydrogen) atoms. The molecule has 170 valence electrons. The van der Waals surface area contributed by atoms with Crippen LogP contribution in [0.2, 0.25) is 0 Å². The lowest BCUT2D eigenvalue weighted by molar-refractivity contribution is -0.122. The molecule has 1 saturated heterocycles. The SMILES string of the molecule is COc1ccccc1C(=O)N1C(C(=O)N2CCn3c2nc2ccccc23)CC2CCCCC21. The van der Waals surface area contributed by atoms with Crippen molar-refractivity contribution in [2.75, 3.05) is 18.6 Å². The Balaban J connectivity index is 1.37. The van der Waals surface area contributed by atoms with Gasteiger partial charge in [0.05, 0.1) is 23.7 Å². The lowest BCUT2D eigenvalue weighted by atomic mass is 9.84. The van der Waals surface area contributed by atoms with Gasteiger partial charge in [-0.25, -0.2) is 4.98 Å². The third-order valence-electron chi connectivity index (χ3n) is 7.63. The van der Waals surface area contributed by atoms with Crippen LogP contribution in [-0.4, -0.2) is 52.0 Å². The van der Waals surface area contributed by atoms with Crippen LogP contribution in [0.1, 0.15) is 42.5 Å². The third-order valence-corrected chi connectivity index (χ3v) is 7.63. The molecule has 7 heteroatoms. The monoisotopic (exact) mass is 444 g/mol. The van der Waals surface area contributed by atoms with Crippen LogP contribution in [0, 0.1) is 5.92 Å². The second-order valence-corrected chi connectivity index (χ2v) is 9.32. The van der Waals surface area contributed by atoms with E-state index in [9.17, 15) is 9.59 Å². The maximum absolute atomic E-state index is 14.0. The molecule has 2 aromatic carbocycles. The Labute approximate surface area is 192 Å². The number of hydrogen-bond acceptors (Lipinski definition) is 4. The molecule has 6 rings (SSSR count). The van der Waals surface area contributed by atoms with E-state index in [-0.39, 0.29) is 17.9 Å². The summed E-state index contributed by atoms with van der Waals surface area (Å²) in [5, 5.41) is 0. The summed E-state index contributed by atoms with van der Waals surface area (Å²) in [7, 11) is 1.58. The Morgan fingerprint density at radius 1 is 1.00 bits per heavy atom. The van der Waals surface area contributed by atoms with E-state index < -0.39 is 6.04 Å². The van der Waals surface area contributed by atoms with Gasteiger partial charge in [0.1, 0.15) is 11.8 Å². The van der Waals surface area contributed by atoms with Crippen molar-refractivity contribution < 1.29 is 14.3 Å². The molecule has 0 spiro atoms. The standard InChI is InChI=1S/C26H28N4O3/c1-33-23-13-7-3-9-18(23)24(31)30-20-11-5-2-8-17(20)16-22(30)25(32)29-15-14-28-21-12-6-4-10-19(21)27-26(28)29/h3-4,6-7,9-10,12-13,17,20,22H,2,5,8,11,14-16H2,1H3. The Hall–Kier alpha value is -3.35. The zero-order valence-electron chi connectivity index (χ0n) is 18.8. The molecule has 1 aromatic heterocycles. The van der Waals surface area contributed by atoms with Crippen LogP contribution in [0.15, 0.2) is 48.5 Å². The van der Waals surface area contributed by atoms with Crippen LogP contribution in [0.5, 0.6) is 5.75 Å². The average molecular weight is 445 g/mol. The summed E-state index contributed by atoms with van der Waals surface area (Å²) in [6.07, 6.45) is 5.01. The predicted molar refractivity (Wildman–Crippen MR) is 125 cm³/mol. The van der Waals surface area contributed by atoms with Gasteiger partial charge in [0.25, 0.3) is 11.8 Å². The number of hydrogen-bond donors (Lipinski definition) is 0. The van der Waals surface area contributed by atoms with E-state index in [2.05, 4.69) is 4.57 Å². The number of carbonyl (C=O) groups excluding carboxylic acids is 2. The Morgan fingerprint density at radius 2 is 1.79 bits per heavy atom. The lowest BCUT2D eigenvalue weighted by Crippen LogP contribution is -2.50. The fraction of sp³-hybridized carbons (Fsp3) is 0.423. The number of fused-ring (bicyclic) bond motifs is 4.